The summed E-state index contributed by atoms with van der Waals surface area (Å²) in [5.74, 6) is 0.0570. The van der Waals surface area contributed by atoms with Crippen LogP contribution in [0.4, 0.5) is 0 Å². The van der Waals surface area contributed by atoms with Crippen LogP contribution in [0.5, 0.6) is 0 Å². The summed E-state index contributed by atoms with van der Waals surface area (Å²) in [6, 6.07) is 0.0258. The lowest BCUT2D eigenvalue weighted by Gasteiger charge is -2.18. The molecule has 3 unspecified atom stereocenters. The second-order valence-corrected chi connectivity index (χ2v) is 4.33. The highest BCUT2D eigenvalue weighted by molar-refractivity contribution is 5.78. The highest BCUT2D eigenvalue weighted by Gasteiger charge is 2.15. The molecule has 4 nitrogen and oxygen atoms in total. The lowest BCUT2D eigenvalue weighted by atomic mass is 10.0. The Morgan fingerprint density at radius 1 is 1.40 bits per heavy atom. The molecule has 0 radical (unpaired) electrons. The van der Waals surface area contributed by atoms with Gasteiger partial charge in [-0.2, -0.15) is 0 Å². The molecule has 1 amide bonds. The Bertz CT molecular complexity index is 183. The van der Waals surface area contributed by atoms with Gasteiger partial charge in [0.05, 0.1) is 6.10 Å². The highest BCUT2D eigenvalue weighted by atomic mass is 16.3. The van der Waals surface area contributed by atoms with Gasteiger partial charge in [-0.25, -0.2) is 0 Å². The zero-order valence-electron chi connectivity index (χ0n) is 9.99. The Morgan fingerprint density at radius 3 is 2.47 bits per heavy atom. The maximum absolute atomic E-state index is 11.6. The van der Waals surface area contributed by atoms with E-state index in [1.807, 2.05) is 13.8 Å². The third kappa shape index (κ3) is 7.33. The van der Waals surface area contributed by atoms with Gasteiger partial charge in [-0.15, -0.1) is 0 Å². The van der Waals surface area contributed by atoms with Crippen LogP contribution in [-0.4, -0.2) is 29.7 Å². The van der Waals surface area contributed by atoms with Crippen LogP contribution in [0.2, 0.25) is 0 Å². The summed E-state index contributed by atoms with van der Waals surface area (Å²) < 4.78 is 0. The molecule has 0 rings (SSSR count). The maximum Gasteiger partial charge on any atom is 0.223 e. The molecule has 0 aliphatic carbocycles. The van der Waals surface area contributed by atoms with Gasteiger partial charge in [-0.1, -0.05) is 6.92 Å². The van der Waals surface area contributed by atoms with Gasteiger partial charge in [-0.05, 0) is 39.7 Å². The van der Waals surface area contributed by atoms with E-state index >= 15 is 0 Å². The maximum atomic E-state index is 11.6. The number of amides is 1. The number of nitrogens with two attached hydrogens (primary N) is 1. The van der Waals surface area contributed by atoms with Crippen LogP contribution >= 0.6 is 0 Å². The topological polar surface area (TPSA) is 75.3 Å². The van der Waals surface area contributed by atoms with E-state index < -0.39 is 0 Å². The van der Waals surface area contributed by atoms with Gasteiger partial charge in [0.2, 0.25) is 5.91 Å². The molecule has 0 aliphatic rings. The quantitative estimate of drug-likeness (QED) is 0.584. The van der Waals surface area contributed by atoms with Crippen LogP contribution in [0, 0.1) is 5.92 Å². The van der Waals surface area contributed by atoms with Crippen molar-refractivity contribution in [3.8, 4) is 0 Å². The van der Waals surface area contributed by atoms with Crippen LogP contribution in [-0.2, 0) is 4.79 Å². The molecule has 0 aromatic carbocycles. The van der Waals surface area contributed by atoms with Gasteiger partial charge in [0.1, 0.15) is 0 Å². The van der Waals surface area contributed by atoms with Gasteiger partial charge >= 0.3 is 0 Å². The van der Waals surface area contributed by atoms with E-state index in [0.29, 0.717) is 13.0 Å². The van der Waals surface area contributed by atoms with Crippen molar-refractivity contribution in [1.29, 1.82) is 0 Å². The molecule has 0 aliphatic heterocycles. The smallest absolute Gasteiger partial charge is 0.223 e. The summed E-state index contributed by atoms with van der Waals surface area (Å²) in [6.45, 7) is 6.15. The van der Waals surface area contributed by atoms with Gasteiger partial charge in [0, 0.05) is 12.0 Å². The first-order valence-electron chi connectivity index (χ1n) is 5.65. The lowest BCUT2D eigenvalue weighted by molar-refractivity contribution is -0.125. The summed E-state index contributed by atoms with van der Waals surface area (Å²) in [4.78, 5) is 11.6. The molecule has 0 spiro atoms. The van der Waals surface area contributed by atoms with Crippen molar-refractivity contribution in [2.75, 3.05) is 6.54 Å². The molecule has 0 bridgehead atoms. The fourth-order valence-corrected chi connectivity index (χ4v) is 1.51. The standard InChI is InChI=1S/C11H24N2O2/c1-8(5-4-6-12)11(15)13-9(2)7-10(3)14/h8-10,14H,4-7,12H2,1-3H3,(H,13,15). The Morgan fingerprint density at radius 2 is 2.00 bits per heavy atom. The molecule has 4 N–H and O–H groups in total. The predicted molar refractivity (Wildman–Crippen MR) is 61.4 cm³/mol. The van der Waals surface area contributed by atoms with Crippen LogP contribution in [0.3, 0.4) is 0 Å². The van der Waals surface area contributed by atoms with Gasteiger partial charge in [0.15, 0.2) is 0 Å². The Balaban J connectivity index is 3.80. The van der Waals surface area contributed by atoms with Crippen molar-refractivity contribution < 1.29 is 9.90 Å². The second kappa shape index (κ2) is 7.65. The van der Waals surface area contributed by atoms with Crippen LogP contribution in [0.15, 0.2) is 0 Å². The molecule has 90 valence electrons. The predicted octanol–water partition coefficient (Wildman–Crippen LogP) is 0.637. The van der Waals surface area contributed by atoms with Gasteiger partial charge in [-0.3, -0.25) is 4.79 Å². The molecule has 15 heavy (non-hydrogen) atoms. The molecule has 0 heterocycles. The number of carbonyl (C=O) groups excluding carboxylic acids is 1. The van der Waals surface area contributed by atoms with E-state index in [-0.39, 0.29) is 24.0 Å². The van der Waals surface area contributed by atoms with Crippen molar-refractivity contribution in [3.05, 3.63) is 0 Å². The number of carbonyl (C=O) groups is 1. The summed E-state index contributed by atoms with van der Waals surface area (Å²) in [5, 5.41) is 12.0. The SMILES string of the molecule is CC(O)CC(C)NC(=O)C(C)CCCN. The fraction of sp³-hybridized carbons (Fsp3) is 0.909. The van der Waals surface area contributed by atoms with E-state index in [1.165, 1.54) is 0 Å². The van der Waals surface area contributed by atoms with Crippen molar-refractivity contribution in [3.63, 3.8) is 0 Å². The number of hydrogen-bond donors (Lipinski definition) is 3. The van der Waals surface area contributed by atoms with E-state index in [9.17, 15) is 4.79 Å². The lowest BCUT2D eigenvalue weighted by Crippen LogP contribution is -2.38. The fourth-order valence-electron chi connectivity index (χ4n) is 1.51. The van der Waals surface area contributed by atoms with E-state index in [4.69, 9.17) is 10.8 Å². The molecule has 0 saturated heterocycles. The Kier molecular flexibility index (Phi) is 7.34. The van der Waals surface area contributed by atoms with Crippen LogP contribution in [0.1, 0.15) is 40.0 Å². The number of hydrogen-bond acceptors (Lipinski definition) is 3. The third-order valence-electron chi connectivity index (χ3n) is 2.37. The molecule has 0 saturated carbocycles. The minimum atomic E-state index is -0.375. The van der Waals surface area contributed by atoms with Crippen LogP contribution in [0.25, 0.3) is 0 Å². The highest BCUT2D eigenvalue weighted by Crippen LogP contribution is 2.06. The Labute approximate surface area is 92.2 Å². The van der Waals surface area contributed by atoms with Gasteiger partial charge < -0.3 is 16.2 Å². The number of aliphatic hydroxyl groups is 1. The minimum absolute atomic E-state index is 0.00463. The molecular formula is C11H24N2O2. The average molecular weight is 216 g/mol. The zero-order chi connectivity index (χ0) is 11.8. The minimum Gasteiger partial charge on any atom is -0.393 e. The summed E-state index contributed by atoms with van der Waals surface area (Å²) in [7, 11) is 0. The first kappa shape index (κ1) is 14.4. The average Bonchev–Trinajstić information content (AvgIpc) is 2.12. The first-order chi connectivity index (χ1) is 6.97. The number of aliphatic hydroxyl groups excluding tert-OH is 1. The molecule has 0 fully saturated rings. The summed E-state index contributed by atoms with van der Waals surface area (Å²) >= 11 is 0. The van der Waals surface area contributed by atoms with E-state index in [0.717, 1.165) is 12.8 Å². The largest absolute Gasteiger partial charge is 0.393 e. The molecule has 3 atom stereocenters. The van der Waals surface area contributed by atoms with Crippen molar-refractivity contribution in [1.82, 2.24) is 5.32 Å². The number of rotatable bonds is 7. The molecule has 0 aromatic heterocycles. The normalized spacial score (nSPS) is 16.9. The zero-order valence-corrected chi connectivity index (χ0v) is 9.99. The Hall–Kier alpha value is -0.610. The first-order valence-corrected chi connectivity index (χ1v) is 5.65. The molecular weight excluding hydrogens is 192 g/mol. The van der Waals surface area contributed by atoms with E-state index in [2.05, 4.69) is 5.32 Å². The second-order valence-electron chi connectivity index (χ2n) is 4.33. The van der Waals surface area contributed by atoms with Crippen molar-refractivity contribution in [2.45, 2.75) is 52.2 Å². The van der Waals surface area contributed by atoms with Crippen LogP contribution < -0.4 is 11.1 Å². The van der Waals surface area contributed by atoms with Crippen molar-refractivity contribution in [2.24, 2.45) is 11.7 Å². The van der Waals surface area contributed by atoms with Gasteiger partial charge in [0.25, 0.3) is 0 Å². The monoisotopic (exact) mass is 216 g/mol. The summed E-state index contributed by atoms with van der Waals surface area (Å²) in [6.07, 6.45) is 1.91. The molecule has 0 aromatic rings. The van der Waals surface area contributed by atoms with E-state index in [1.54, 1.807) is 6.92 Å². The molecule has 4 heteroatoms. The van der Waals surface area contributed by atoms with Crippen molar-refractivity contribution >= 4 is 5.91 Å². The summed E-state index contributed by atoms with van der Waals surface area (Å²) in [5.41, 5.74) is 5.38. The number of nitrogens with one attached hydrogen (secondary N) is 1. The third-order valence-corrected chi connectivity index (χ3v) is 2.37.